The lowest BCUT2D eigenvalue weighted by molar-refractivity contribution is -0.161. The number of phosphoric ester groups is 2. The minimum Gasteiger partial charge on any atom is -0.462 e. The van der Waals surface area contributed by atoms with Crippen LogP contribution in [0.4, 0.5) is 0 Å². The van der Waals surface area contributed by atoms with Gasteiger partial charge < -0.3 is 33.8 Å². The average Bonchev–Trinajstić information content (AvgIpc) is 3.38. The molecule has 19 heteroatoms. The van der Waals surface area contributed by atoms with Crippen molar-refractivity contribution >= 4 is 39.5 Å². The van der Waals surface area contributed by atoms with Gasteiger partial charge in [-0.25, -0.2) is 9.13 Å². The summed E-state index contributed by atoms with van der Waals surface area (Å²) in [7, 11) is -9.88. The Kier molecular flexibility index (Phi) is 49.3. The lowest BCUT2D eigenvalue weighted by Crippen LogP contribution is -2.30. The third kappa shape index (κ3) is 55.0. The van der Waals surface area contributed by atoms with Gasteiger partial charge in [0.2, 0.25) is 0 Å². The first-order chi connectivity index (χ1) is 37.6. The Hall–Kier alpha value is -1.94. The van der Waals surface area contributed by atoms with E-state index in [9.17, 15) is 43.2 Å². The topological polar surface area (TPSA) is 237 Å². The molecule has 79 heavy (non-hydrogen) atoms. The number of unbranched alkanes of at least 4 members (excludes halogenated alkanes) is 23. The van der Waals surface area contributed by atoms with Crippen molar-refractivity contribution in [3.63, 3.8) is 0 Å². The molecule has 3 N–H and O–H groups in total. The van der Waals surface area contributed by atoms with Gasteiger partial charge in [-0.1, -0.05) is 229 Å². The minimum atomic E-state index is -4.94. The lowest BCUT2D eigenvalue weighted by Gasteiger charge is -2.21. The molecule has 0 aromatic heterocycles. The molecule has 0 aliphatic heterocycles. The van der Waals surface area contributed by atoms with Crippen LogP contribution in [0.25, 0.3) is 0 Å². The molecule has 0 radical (unpaired) electrons. The number of hydrogen-bond acceptors (Lipinski definition) is 15. The average molecular weight is 1170 g/mol. The standard InChI is InChI=1S/C60H116O17P2/c1-50(2)36-28-20-12-10-9-11-13-26-34-42-59(64)76-55(46-70-57(62)40-32-24-17-14-21-29-37-51(3)4)48-74-78(66,67)72-44-54(61)45-73-79(68,69)75-49-56(77-60(65)43-35-27-19-16-23-31-39-53(7)8)47-71-58(63)41-33-25-18-15-22-30-38-52(5)6/h50-56,61H,9-49H2,1-8H3,(H,66,67)(H,68,69)/t54-,55-,56-/m1/s1. The molecule has 0 saturated heterocycles. The highest BCUT2D eigenvalue weighted by Crippen LogP contribution is 2.45. The smallest absolute Gasteiger partial charge is 0.462 e. The van der Waals surface area contributed by atoms with Crippen molar-refractivity contribution in [2.24, 2.45) is 23.7 Å². The molecule has 0 aromatic carbocycles. The van der Waals surface area contributed by atoms with Crippen LogP contribution in [-0.2, 0) is 65.4 Å². The number of phosphoric acid groups is 2. The van der Waals surface area contributed by atoms with Crippen LogP contribution in [0.15, 0.2) is 0 Å². The Bertz CT molecular complexity index is 1590. The van der Waals surface area contributed by atoms with Crippen molar-refractivity contribution in [3.05, 3.63) is 0 Å². The molecule has 0 rings (SSSR count). The molecule has 0 fully saturated rings. The van der Waals surface area contributed by atoms with Crippen LogP contribution in [0.2, 0.25) is 0 Å². The van der Waals surface area contributed by atoms with E-state index in [-0.39, 0.29) is 25.7 Å². The van der Waals surface area contributed by atoms with Crippen LogP contribution >= 0.6 is 15.6 Å². The van der Waals surface area contributed by atoms with E-state index in [1.165, 1.54) is 70.6 Å². The molecule has 0 aromatic rings. The number of ether oxygens (including phenoxy) is 4. The lowest BCUT2D eigenvalue weighted by atomic mass is 10.0. The molecule has 0 saturated carbocycles. The summed E-state index contributed by atoms with van der Waals surface area (Å²) in [4.78, 5) is 71.9. The Morgan fingerprint density at radius 1 is 0.316 bits per heavy atom. The predicted octanol–water partition coefficient (Wildman–Crippen LogP) is 15.8. The van der Waals surface area contributed by atoms with Crippen LogP contribution in [-0.4, -0.2) is 96.7 Å². The van der Waals surface area contributed by atoms with Crippen LogP contribution in [0.3, 0.4) is 0 Å². The summed E-state index contributed by atoms with van der Waals surface area (Å²) in [6.45, 7) is 13.8. The first kappa shape index (κ1) is 77.1. The number of carbonyl (C=O) groups excluding carboxylic acids is 4. The van der Waals surface area contributed by atoms with Gasteiger partial charge in [0.1, 0.15) is 19.3 Å². The summed E-state index contributed by atoms with van der Waals surface area (Å²) in [5, 5.41) is 10.5. The van der Waals surface area contributed by atoms with Gasteiger partial charge in [0.15, 0.2) is 12.2 Å². The zero-order valence-electron chi connectivity index (χ0n) is 51.0. The SMILES string of the molecule is CC(C)CCCCCCCCCCCC(=O)O[C@H](COC(=O)CCCCCCCCC(C)C)COP(=O)(O)OC[C@@H](O)COP(=O)(O)OC[C@@H](COC(=O)CCCCCCCCC(C)C)OC(=O)CCCCCCCCC(C)C. The number of hydrogen-bond donors (Lipinski definition) is 3. The van der Waals surface area contributed by atoms with Crippen molar-refractivity contribution in [2.45, 2.75) is 298 Å². The molecule has 0 amide bonds. The monoisotopic (exact) mass is 1170 g/mol. The fourth-order valence-corrected chi connectivity index (χ4v) is 10.3. The normalized spacial score (nSPS) is 14.6. The van der Waals surface area contributed by atoms with Gasteiger partial charge in [-0.05, 0) is 49.4 Å². The van der Waals surface area contributed by atoms with Gasteiger partial charge in [-0.2, -0.15) is 0 Å². The maximum Gasteiger partial charge on any atom is 0.472 e. The summed E-state index contributed by atoms with van der Waals surface area (Å²) in [6.07, 6.45) is 28.5. The summed E-state index contributed by atoms with van der Waals surface area (Å²) >= 11 is 0. The maximum absolute atomic E-state index is 12.9. The fourth-order valence-electron chi connectivity index (χ4n) is 8.72. The Morgan fingerprint density at radius 3 is 0.785 bits per heavy atom. The van der Waals surface area contributed by atoms with E-state index in [1.807, 2.05) is 0 Å². The van der Waals surface area contributed by atoms with Gasteiger partial charge in [0.05, 0.1) is 26.4 Å². The number of rotatable bonds is 57. The molecule has 468 valence electrons. The largest absolute Gasteiger partial charge is 0.472 e. The molecular formula is C60H116O17P2. The van der Waals surface area contributed by atoms with Crippen molar-refractivity contribution in [1.82, 2.24) is 0 Å². The summed E-state index contributed by atoms with van der Waals surface area (Å²) in [6, 6.07) is 0. The maximum atomic E-state index is 12.9. The van der Waals surface area contributed by atoms with Crippen molar-refractivity contribution in [2.75, 3.05) is 39.6 Å². The second kappa shape index (κ2) is 50.6. The van der Waals surface area contributed by atoms with E-state index in [1.54, 1.807) is 0 Å². The number of aliphatic hydroxyl groups is 1. The van der Waals surface area contributed by atoms with Gasteiger partial charge in [-0.15, -0.1) is 0 Å². The molecule has 0 bridgehead atoms. The highest BCUT2D eigenvalue weighted by Gasteiger charge is 2.30. The minimum absolute atomic E-state index is 0.100. The molecule has 0 aliphatic carbocycles. The second-order valence-electron chi connectivity index (χ2n) is 23.6. The van der Waals surface area contributed by atoms with E-state index in [0.29, 0.717) is 43.4 Å². The van der Waals surface area contributed by atoms with Crippen molar-refractivity contribution in [3.8, 4) is 0 Å². The van der Waals surface area contributed by atoms with Crippen molar-refractivity contribution < 1.29 is 80.2 Å². The predicted molar refractivity (Wildman–Crippen MR) is 312 cm³/mol. The van der Waals surface area contributed by atoms with E-state index in [0.717, 1.165) is 109 Å². The van der Waals surface area contributed by atoms with E-state index in [2.05, 4.69) is 55.4 Å². The molecule has 0 heterocycles. The van der Waals surface area contributed by atoms with Gasteiger partial charge >= 0.3 is 39.5 Å². The summed E-state index contributed by atoms with van der Waals surface area (Å²) < 4.78 is 67.7. The Balaban J connectivity index is 5.24. The van der Waals surface area contributed by atoms with Crippen LogP contribution in [0.1, 0.15) is 280 Å². The van der Waals surface area contributed by atoms with Crippen LogP contribution < -0.4 is 0 Å². The third-order valence-corrected chi connectivity index (χ3v) is 15.5. The molecule has 17 nitrogen and oxygen atoms in total. The van der Waals surface area contributed by atoms with Gasteiger partial charge in [0.25, 0.3) is 0 Å². The number of carbonyl (C=O) groups is 4. The van der Waals surface area contributed by atoms with E-state index in [4.69, 9.17) is 37.0 Å². The fraction of sp³-hybridized carbons (Fsp3) is 0.933. The summed E-state index contributed by atoms with van der Waals surface area (Å²) in [5.74, 6) is 0.613. The van der Waals surface area contributed by atoms with Crippen LogP contribution in [0.5, 0.6) is 0 Å². The molecular weight excluding hydrogens is 1050 g/mol. The Labute approximate surface area is 479 Å². The van der Waals surface area contributed by atoms with Crippen molar-refractivity contribution in [1.29, 1.82) is 0 Å². The second-order valence-corrected chi connectivity index (χ2v) is 26.5. The highest BCUT2D eigenvalue weighted by atomic mass is 31.2. The summed E-state index contributed by atoms with van der Waals surface area (Å²) in [5.41, 5.74) is 0. The molecule has 0 spiro atoms. The van der Waals surface area contributed by atoms with Gasteiger partial charge in [-0.3, -0.25) is 37.3 Å². The highest BCUT2D eigenvalue weighted by molar-refractivity contribution is 7.47. The van der Waals surface area contributed by atoms with E-state index < -0.39 is 97.5 Å². The first-order valence-electron chi connectivity index (χ1n) is 31.2. The quantitative estimate of drug-likeness (QED) is 0.0222. The molecule has 5 atom stereocenters. The zero-order valence-corrected chi connectivity index (χ0v) is 52.8. The Morgan fingerprint density at radius 2 is 0.532 bits per heavy atom. The van der Waals surface area contributed by atoms with E-state index >= 15 is 0 Å². The molecule has 2 unspecified atom stereocenters. The molecule has 0 aliphatic rings. The first-order valence-corrected chi connectivity index (χ1v) is 34.2. The zero-order chi connectivity index (χ0) is 59.0. The number of esters is 4. The number of aliphatic hydroxyl groups excluding tert-OH is 1. The van der Waals surface area contributed by atoms with Gasteiger partial charge in [0, 0.05) is 25.7 Å². The third-order valence-electron chi connectivity index (χ3n) is 13.6. The van der Waals surface area contributed by atoms with Crippen LogP contribution in [0, 0.1) is 23.7 Å².